The monoisotopic (exact) mass is 276 g/mol. The van der Waals surface area contributed by atoms with Gasteiger partial charge in [0.15, 0.2) is 0 Å². The van der Waals surface area contributed by atoms with Crippen LogP contribution in [0, 0.1) is 5.92 Å². The first-order chi connectivity index (χ1) is 9.54. The summed E-state index contributed by atoms with van der Waals surface area (Å²) in [6, 6.07) is 8.31. The number of hydrogen-bond donors (Lipinski definition) is 1. The second-order valence-electron chi connectivity index (χ2n) is 6.06. The fourth-order valence-corrected chi connectivity index (χ4v) is 3.12. The molecular weight excluding hydrogens is 252 g/mol. The molecule has 0 bridgehead atoms. The maximum absolute atomic E-state index is 10.8. The molecule has 0 aliphatic heterocycles. The van der Waals surface area contributed by atoms with E-state index in [9.17, 15) is 4.79 Å². The summed E-state index contributed by atoms with van der Waals surface area (Å²) in [6.07, 6.45) is 4.85. The second kappa shape index (κ2) is 6.78. The molecule has 2 rings (SSSR count). The Hall–Kier alpha value is -1.51. The van der Waals surface area contributed by atoms with Crippen molar-refractivity contribution in [3.63, 3.8) is 0 Å². The first kappa shape index (κ1) is 14.9. The van der Waals surface area contributed by atoms with Crippen LogP contribution in [-0.4, -0.2) is 17.2 Å². The normalized spacial score (nSPS) is 22.8. The Kier molecular flexibility index (Phi) is 5.05. The van der Waals surface area contributed by atoms with Crippen molar-refractivity contribution in [1.29, 1.82) is 0 Å². The van der Waals surface area contributed by atoms with Crippen molar-refractivity contribution < 1.29 is 14.6 Å². The van der Waals surface area contributed by atoms with E-state index in [4.69, 9.17) is 9.84 Å². The van der Waals surface area contributed by atoms with Crippen LogP contribution in [0.15, 0.2) is 24.3 Å². The molecule has 1 N–H and O–H groups in total. The molecule has 0 saturated heterocycles. The molecule has 1 fully saturated rings. The minimum Gasteiger partial charge on any atom is -0.491 e. The van der Waals surface area contributed by atoms with Crippen LogP contribution in [0.5, 0.6) is 5.75 Å². The number of carboxylic acids is 1. The van der Waals surface area contributed by atoms with Gasteiger partial charge in [-0.2, -0.15) is 0 Å². The molecule has 0 radical (unpaired) electrons. The Morgan fingerprint density at radius 1 is 1.30 bits per heavy atom. The highest BCUT2D eigenvalue weighted by Crippen LogP contribution is 2.38. The van der Waals surface area contributed by atoms with E-state index in [2.05, 4.69) is 12.1 Å². The van der Waals surface area contributed by atoms with E-state index in [1.54, 1.807) is 0 Å². The third-order valence-corrected chi connectivity index (χ3v) is 3.97. The molecule has 1 aliphatic rings. The molecule has 0 aromatic heterocycles. The van der Waals surface area contributed by atoms with Gasteiger partial charge < -0.3 is 9.84 Å². The van der Waals surface area contributed by atoms with Crippen LogP contribution in [0.1, 0.15) is 57.4 Å². The van der Waals surface area contributed by atoms with Gasteiger partial charge in [-0.15, -0.1) is 0 Å². The Labute approximate surface area is 121 Å². The maximum Gasteiger partial charge on any atom is 0.303 e. The van der Waals surface area contributed by atoms with E-state index in [-0.39, 0.29) is 6.10 Å². The summed E-state index contributed by atoms with van der Waals surface area (Å²) in [7, 11) is 0. The molecule has 2 atom stereocenters. The van der Waals surface area contributed by atoms with E-state index < -0.39 is 5.97 Å². The molecule has 0 unspecified atom stereocenters. The summed E-state index contributed by atoms with van der Waals surface area (Å²) >= 11 is 0. The van der Waals surface area contributed by atoms with Crippen molar-refractivity contribution in [1.82, 2.24) is 0 Å². The lowest BCUT2D eigenvalue weighted by Crippen LogP contribution is -2.17. The average Bonchev–Trinajstić information content (AvgIpc) is 2.38. The highest BCUT2D eigenvalue weighted by Gasteiger charge is 2.24. The molecule has 3 heteroatoms. The van der Waals surface area contributed by atoms with Gasteiger partial charge in [-0.25, -0.2) is 0 Å². The topological polar surface area (TPSA) is 46.5 Å². The van der Waals surface area contributed by atoms with E-state index in [0.717, 1.165) is 25.0 Å². The van der Waals surface area contributed by atoms with Gasteiger partial charge in [-0.1, -0.05) is 18.6 Å². The van der Waals surface area contributed by atoms with Crippen LogP contribution in [0.4, 0.5) is 0 Å². The Morgan fingerprint density at radius 2 is 2.00 bits per heavy atom. The molecule has 1 aromatic rings. The molecule has 20 heavy (non-hydrogen) atoms. The average molecular weight is 276 g/mol. The number of ether oxygens (including phenoxy) is 1. The smallest absolute Gasteiger partial charge is 0.303 e. The van der Waals surface area contributed by atoms with Gasteiger partial charge >= 0.3 is 5.97 Å². The van der Waals surface area contributed by atoms with Crippen molar-refractivity contribution in [2.45, 2.75) is 58.0 Å². The second-order valence-corrected chi connectivity index (χ2v) is 6.06. The molecule has 1 saturated carbocycles. The van der Waals surface area contributed by atoms with E-state index in [1.165, 1.54) is 12.0 Å². The molecule has 0 spiro atoms. The summed E-state index contributed by atoms with van der Waals surface area (Å²) in [5.41, 5.74) is 1.32. The summed E-state index contributed by atoms with van der Waals surface area (Å²) in [4.78, 5) is 10.8. The SMILES string of the molecule is CC(C)Oc1ccc([C@@H]2CCC[C@H](CC(=O)O)C2)cc1. The van der Waals surface area contributed by atoms with Gasteiger partial charge in [0.05, 0.1) is 6.10 Å². The predicted molar refractivity (Wildman–Crippen MR) is 79.2 cm³/mol. The third-order valence-electron chi connectivity index (χ3n) is 3.97. The zero-order valence-electron chi connectivity index (χ0n) is 12.3. The van der Waals surface area contributed by atoms with Gasteiger partial charge in [-0.3, -0.25) is 4.79 Å². The van der Waals surface area contributed by atoms with Gasteiger partial charge in [0.25, 0.3) is 0 Å². The highest BCUT2D eigenvalue weighted by molar-refractivity contribution is 5.67. The van der Waals surface area contributed by atoms with Crippen molar-refractivity contribution in [3.8, 4) is 5.75 Å². The third kappa shape index (κ3) is 4.26. The number of hydrogen-bond acceptors (Lipinski definition) is 2. The Bertz CT molecular complexity index is 436. The quantitative estimate of drug-likeness (QED) is 0.875. The van der Waals surface area contributed by atoms with Crippen LogP contribution in [0.2, 0.25) is 0 Å². The fourth-order valence-electron chi connectivity index (χ4n) is 3.12. The van der Waals surface area contributed by atoms with E-state index >= 15 is 0 Å². The Morgan fingerprint density at radius 3 is 2.60 bits per heavy atom. The molecule has 0 amide bonds. The minimum absolute atomic E-state index is 0.190. The number of benzene rings is 1. The van der Waals surface area contributed by atoms with Crippen molar-refractivity contribution in [2.24, 2.45) is 5.92 Å². The lowest BCUT2D eigenvalue weighted by molar-refractivity contribution is -0.138. The Balaban J connectivity index is 1.98. The standard InChI is InChI=1S/C17H24O3/c1-12(2)20-16-8-6-14(7-9-16)15-5-3-4-13(10-15)11-17(18)19/h6-9,12-13,15H,3-5,10-11H2,1-2H3,(H,18,19)/t13-,15+/m0/s1. The van der Waals surface area contributed by atoms with Gasteiger partial charge in [0.2, 0.25) is 0 Å². The van der Waals surface area contributed by atoms with Gasteiger partial charge in [0.1, 0.15) is 5.75 Å². The van der Waals surface area contributed by atoms with Crippen LogP contribution in [0.25, 0.3) is 0 Å². The number of rotatable bonds is 5. The molecule has 110 valence electrons. The molecule has 1 aromatic carbocycles. The summed E-state index contributed by atoms with van der Waals surface area (Å²) < 4.78 is 5.65. The zero-order chi connectivity index (χ0) is 14.5. The number of aliphatic carboxylic acids is 1. The lowest BCUT2D eigenvalue weighted by Gasteiger charge is -2.28. The van der Waals surface area contributed by atoms with Crippen molar-refractivity contribution in [3.05, 3.63) is 29.8 Å². The number of carboxylic acid groups (broad SMARTS) is 1. The van der Waals surface area contributed by atoms with Crippen molar-refractivity contribution in [2.75, 3.05) is 0 Å². The van der Waals surface area contributed by atoms with Crippen LogP contribution in [-0.2, 0) is 4.79 Å². The van der Waals surface area contributed by atoms with E-state index in [0.29, 0.717) is 18.3 Å². The van der Waals surface area contributed by atoms with Crippen LogP contribution in [0.3, 0.4) is 0 Å². The summed E-state index contributed by atoms with van der Waals surface area (Å²) in [6.45, 7) is 4.04. The minimum atomic E-state index is -0.670. The lowest BCUT2D eigenvalue weighted by atomic mass is 9.77. The van der Waals surface area contributed by atoms with E-state index in [1.807, 2.05) is 26.0 Å². The van der Waals surface area contributed by atoms with Gasteiger partial charge in [0, 0.05) is 6.42 Å². The zero-order valence-corrected chi connectivity index (χ0v) is 12.3. The molecule has 3 nitrogen and oxygen atoms in total. The highest BCUT2D eigenvalue weighted by atomic mass is 16.5. The fraction of sp³-hybridized carbons (Fsp3) is 0.588. The van der Waals surface area contributed by atoms with Crippen LogP contribution < -0.4 is 4.74 Å². The first-order valence-corrected chi connectivity index (χ1v) is 7.53. The van der Waals surface area contributed by atoms with Crippen LogP contribution >= 0.6 is 0 Å². The summed E-state index contributed by atoms with van der Waals surface area (Å²) in [5.74, 6) is 1.07. The maximum atomic E-state index is 10.8. The predicted octanol–water partition coefficient (Wildman–Crippen LogP) is 4.22. The number of carbonyl (C=O) groups is 1. The molecular formula is C17H24O3. The largest absolute Gasteiger partial charge is 0.491 e. The molecule has 1 aliphatic carbocycles. The van der Waals surface area contributed by atoms with Crippen molar-refractivity contribution >= 4 is 5.97 Å². The van der Waals surface area contributed by atoms with Gasteiger partial charge in [-0.05, 0) is 62.6 Å². The molecule has 0 heterocycles. The summed E-state index contributed by atoms with van der Waals surface area (Å²) in [5, 5.41) is 8.93. The first-order valence-electron chi connectivity index (χ1n) is 7.53.